The van der Waals surface area contributed by atoms with Gasteiger partial charge in [0.15, 0.2) is 0 Å². The van der Waals surface area contributed by atoms with Crippen LogP contribution < -0.4 is 0 Å². The number of thiazole rings is 1. The van der Waals surface area contributed by atoms with Crippen molar-refractivity contribution in [3.8, 4) is 32.8 Å². The zero-order chi connectivity index (χ0) is 26.3. The molecule has 0 N–H and O–H groups in total. The molecule has 0 radical (unpaired) electrons. The Morgan fingerprint density at radius 1 is 0.590 bits per heavy atom. The van der Waals surface area contributed by atoms with Gasteiger partial charge >= 0.3 is 0 Å². The summed E-state index contributed by atoms with van der Waals surface area (Å²) in [6.45, 7) is 6.91. The van der Waals surface area contributed by atoms with E-state index in [2.05, 4.69) is 130 Å². The average molecular weight is 518 g/mol. The highest BCUT2D eigenvalue weighted by molar-refractivity contribution is 7.21. The minimum atomic E-state index is -0.0373. The summed E-state index contributed by atoms with van der Waals surface area (Å²) in [6, 6.07) is 40.2. The lowest BCUT2D eigenvalue weighted by molar-refractivity contribution is 0.660. The summed E-state index contributed by atoms with van der Waals surface area (Å²) in [5.41, 5.74) is 11.6. The molecule has 1 aliphatic rings. The first-order chi connectivity index (χ1) is 19.0. The van der Waals surface area contributed by atoms with Crippen molar-refractivity contribution in [1.82, 2.24) is 4.98 Å². The molecule has 1 aliphatic carbocycles. The molecule has 1 aromatic heterocycles. The molecule has 8 rings (SSSR count). The van der Waals surface area contributed by atoms with Crippen LogP contribution in [-0.2, 0) is 5.41 Å². The topological polar surface area (TPSA) is 12.9 Å². The van der Waals surface area contributed by atoms with Crippen molar-refractivity contribution in [1.29, 1.82) is 0 Å². The molecule has 0 aliphatic heterocycles. The summed E-state index contributed by atoms with van der Waals surface area (Å²) in [6.07, 6.45) is 0. The van der Waals surface area contributed by atoms with Crippen LogP contribution in [0.15, 0.2) is 109 Å². The molecule has 0 fully saturated rings. The van der Waals surface area contributed by atoms with Gasteiger partial charge in [0.25, 0.3) is 0 Å². The zero-order valence-electron chi connectivity index (χ0n) is 22.2. The maximum Gasteiger partial charge on any atom is 0.125 e. The van der Waals surface area contributed by atoms with Crippen molar-refractivity contribution in [3.63, 3.8) is 0 Å². The van der Waals surface area contributed by atoms with Gasteiger partial charge in [-0.25, -0.2) is 4.98 Å². The molecule has 186 valence electrons. The van der Waals surface area contributed by atoms with Gasteiger partial charge in [-0.05, 0) is 80.0 Å². The molecule has 0 saturated carbocycles. The average Bonchev–Trinajstić information content (AvgIpc) is 3.48. The van der Waals surface area contributed by atoms with Crippen molar-refractivity contribution >= 4 is 43.1 Å². The third kappa shape index (κ3) is 3.22. The van der Waals surface area contributed by atoms with Crippen molar-refractivity contribution < 1.29 is 0 Å². The fourth-order valence-electron chi connectivity index (χ4n) is 6.67. The molecular formula is C37H27NS. The molecule has 0 atom stereocenters. The summed E-state index contributed by atoms with van der Waals surface area (Å²) in [4.78, 5) is 5.12. The predicted octanol–water partition coefficient (Wildman–Crippen LogP) is 10.6. The molecular weight excluding hydrogens is 490 g/mol. The normalized spacial score (nSPS) is 13.7. The number of aromatic nitrogens is 1. The number of para-hydroxylation sites is 1. The van der Waals surface area contributed by atoms with Gasteiger partial charge in [0.1, 0.15) is 5.01 Å². The van der Waals surface area contributed by atoms with Gasteiger partial charge in [-0.3, -0.25) is 0 Å². The number of rotatable bonds is 2. The number of hydrogen-bond donors (Lipinski definition) is 0. The first-order valence-corrected chi connectivity index (χ1v) is 14.4. The highest BCUT2D eigenvalue weighted by Crippen LogP contribution is 2.51. The minimum absolute atomic E-state index is 0.0373. The van der Waals surface area contributed by atoms with Gasteiger partial charge < -0.3 is 0 Å². The Bertz CT molecular complexity index is 2080. The largest absolute Gasteiger partial charge is 0.236 e. The van der Waals surface area contributed by atoms with Gasteiger partial charge in [-0.1, -0.05) is 110 Å². The molecule has 0 unspecified atom stereocenters. The highest BCUT2D eigenvalue weighted by atomic mass is 32.1. The van der Waals surface area contributed by atoms with E-state index >= 15 is 0 Å². The third-order valence-corrected chi connectivity index (χ3v) is 9.61. The maximum absolute atomic E-state index is 5.12. The summed E-state index contributed by atoms with van der Waals surface area (Å²) in [7, 11) is 0. The van der Waals surface area contributed by atoms with Gasteiger partial charge in [0.2, 0.25) is 0 Å². The molecule has 0 bridgehead atoms. The molecule has 2 heteroatoms. The van der Waals surface area contributed by atoms with Gasteiger partial charge in [0, 0.05) is 11.0 Å². The van der Waals surface area contributed by atoms with Gasteiger partial charge in [0.05, 0.1) is 10.2 Å². The van der Waals surface area contributed by atoms with Crippen molar-refractivity contribution in [2.45, 2.75) is 26.2 Å². The lowest BCUT2D eigenvalue weighted by atomic mass is 9.80. The molecule has 0 saturated heterocycles. The molecule has 1 heterocycles. The SMILES string of the molecule is Cc1ccc2c(-c3nc4ccccc4s3)c3ccccc3c(-c3ccc4c(c3)C(C)(C)c3ccccc3-4)c2c1. The summed E-state index contributed by atoms with van der Waals surface area (Å²) in [5.74, 6) is 0. The van der Waals surface area contributed by atoms with Crippen molar-refractivity contribution in [2.75, 3.05) is 0 Å². The molecule has 7 aromatic rings. The van der Waals surface area contributed by atoms with E-state index in [1.54, 1.807) is 11.3 Å². The Morgan fingerprint density at radius 2 is 1.28 bits per heavy atom. The van der Waals surface area contributed by atoms with Crippen LogP contribution in [0.5, 0.6) is 0 Å². The van der Waals surface area contributed by atoms with Gasteiger partial charge in [-0.15, -0.1) is 11.3 Å². The Kier molecular flexibility index (Phi) is 4.72. The molecule has 1 nitrogen and oxygen atoms in total. The summed E-state index contributed by atoms with van der Waals surface area (Å²) >= 11 is 1.78. The van der Waals surface area contributed by atoms with Crippen LogP contribution in [0.2, 0.25) is 0 Å². The molecule has 39 heavy (non-hydrogen) atoms. The Labute approximate surface area is 232 Å². The van der Waals surface area contributed by atoms with Crippen LogP contribution in [0.4, 0.5) is 0 Å². The van der Waals surface area contributed by atoms with Gasteiger partial charge in [-0.2, -0.15) is 0 Å². The Morgan fingerprint density at radius 3 is 2.13 bits per heavy atom. The van der Waals surface area contributed by atoms with E-state index in [-0.39, 0.29) is 5.41 Å². The van der Waals surface area contributed by atoms with Crippen LogP contribution >= 0.6 is 11.3 Å². The first-order valence-electron chi connectivity index (χ1n) is 13.6. The molecule has 0 spiro atoms. The second kappa shape index (κ2) is 8.11. The van der Waals surface area contributed by atoms with Crippen molar-refractivity contribution in [2.24, 2.45) is 0 Å². The van der Waals surface area contributed by atoms with Crippen molar-refractivity contribution in [3.05, 3.63) is 126 Å². The van der Waals surface area contributed by atoms with Crippen LogP contribution in [0.3, 0.4) is 0 Å². The van der Waals surface area contributed by atoms with Crippen LogP contribution in [0.1, 0.15) is 30.5 Å². The Hall–Kier alpha value is -4.27. The van der Waals surface area contributed by atoms with E-state index in [9.17, 15) is 0 Å². The van der Waals surface area contributed by atoms with E-state index in [1.165, 1.54) is 70.8 Å². The lowest BCUT2D eigenvalue weighted by Crippen LogP contribution is -2.14. The predicted molar refractivity (Wildman–Crippen MR) is 168 cm³/mol. The minimum Gasteiger partial charge on any atom is -0.236 e. The van der Waals surface area contributed by atoms with Crippen LogP contribution in [-0.4, -0.2) is 4.98 Å². The van der Waals surface area contributed by atoms with Crippen LogP contribution in [0, 0.1) is 6.92 Å². The number of aryl methyl sites for hydroxylation is 1. The fraction of sp³-hybridized carbons (Fsp3) is 0.108. The van der Waals surface area contributed by atoms with Crippen LogP contribution in [0.25, 0.3) is 64.6 Å². The fourth-order valence-corrected chi connectivity index (χ4v) is 7.71. The van der Waals surface area contributed by atoms with E-state index in [1.807, 2.05) is 0 Å². The lowest BCUT2D eigenvalue weighted by Gasteiger charge is -2.23. The summed E-state index contributed by atoms with van der Waals surface area (Å²) < 4.78 is 1.22. The molecule has 6 aromatic carbocycles. The third-order valence-electron chi connectivity index (χ3n) is 8.56. The Balaban J connectivity index is 1.46. The van der Waals surface area contributed by atoms with E-state index < -0.39 is 0 Å². The van der Waals surface area contributed by atoms with E-state index in [4.69, 9.17) is 4.98 Å². The maximum atomic E-state index is 5.12. The molecule has 0 amide bonds. The first kappa shape index (κ1) is 22.7. The zero-order valence-corrected chi connectivity index (χ0v) is 23.1. The number of fused-ring (bicyclic) bond motifs is 6. The monoisotopic (exact) mass is 517 g/mol. The quantitative estimate of drug-likeness (QED) is 0.208. The standard InChI is InChI=1S/C37H27NS/c1-22-16-18-28-29(20-22)34(23-17-19-25-24-10-6-7-13-30(24)37(2,3)31(25)21-23)26-11-4-5-12-27(26)35(28)36-38-32-14-8-9-15-33(32)39-36/h4-21H,1-3H3. The van der Waals surface area contributed by atoms with E-state index in [0.717, 1.165) is 10.5 Å². The summed E-state index contributed by atoms with van der Waals surface area (Å²) in [5, 5.41) is 6.16. The smallest absolute Gasteiger partial charge is 0.125 e. The second-order valence-corrected chi connectivity index (χ2v) is 12.3. The van der Waals surface area contributed by atoms with E-state index in [0.29, 0.717) is 0 Å². The highest BCUT2D eigenvalue weighted by Gasteiger charge is 2.35. The number of hydrogen-bond acceptors (Lipinski definition) is 2. The number of nitrogens with zero attached hydrogens (tertiary/aromatic N) is 1. The second-order valence-electron chi connectivity index (χ2n) is 11.3. The number of benzene rings is 6.